The number of amides is 1. The first-order valence-electron chi connectivity index (χ1n) is 8.39. The number of carbonyl (C=O) groups excluding carboxylic acids is 1. The second-order valence-electron chi connectivity index (χ2n) is 6.73. The minimum atomic E-state index is -0.410. The third-order valence-corrected chi connectivity index (χ3v) is 5.35. The van der Waals surface area contributed by atoms with E-state index in [9.17, 15) is 9.90 Å². The lowest BCUT2D eigenvalue weighted by Gasteiger charge is -2.39. The number of aliphatic hydroxyl groups excluding tert-OH is 1. The van der Waals surface area contributed by atoms with Crippen molar-refractivity contribution in [3.8, 4) is 0 Å². The quantitative estimate of drug-likeness (QED) is 0.892. The summed E-state index contributed by atoms with van der Waals surface area (Å²) < 4.78 is 0. The van der Waals surface area contributed by atoms with Crippen molar-refractivity contribution in [1.82, 2.24) is 10.2 Å². The van der Waals surface area contributed by atoms with Crippen LogP contribution in [0.15, 0.2) is 30.3 Å². The van der Waals surface area contributed by atoms with Crippen LogP contribution in [0, 0.1) is 17.8 Å². The number of hydrogen-bond donors (Lipinski definition) is 2. The minimum absolute atomic E-state index is 0.122. The molecule has 22 heavy (non-hydrogen) atoms. The molecule has 1 aromatic rings. The van der Waals surface area contributed by atoms with Crippen molar-refractivity contribution < 1.29 is 9.90 Å². The van der Waals surface area contributed by atoms with Crippen molar-refractivity contribution in [3.05, 3.63) is 35.9 Å². The number of rotatable bonds is 4. The molecule has 120 valence electrons. The molecular weight excluding hydrogens is 276 g/mol. The van der Waals surface area contributed by atoms with E-state index in [0.29, 0.717) is 11.8 Å². The van der Waals surface area contributed by atoms with Crippen LogP contribution in [0.5, 0.6) is 0 Å². The molecule has 0 spiro atoms. The lowest BCUT2D eigenvalue weighted by Crippen LogP contribution is -2.51. The van der Waals surface area contributed by atoms with Gasteiger partial charge >= 0.3 is 0 Å². The maximum Gasteiger partial charge on any atom is 0.225 e. The summed E-state index contributed by atoms with van der Waals surface area (Å²) in [6, 6.07) is 9.85. The second-order valence-corrected chi connectivity index (χ2v) is 6.73. The summed E-state index contributed by atoms with van der Waals surface area (Å²) in [4.78, 5) is 14.5. The largest absolute Gasteiger partial charge is 0.388 e. The number of carbonyl (C=O) groups is 1. The van der Waals surface area contributed by atoms with Gasteiger partial charge in [0.05, 0.1) is 6.10 Å². The van der Waals surface area contributed by atoms with Crippen LogP contribution in [0.1, 0.15) is 31.4 Å². The van der Waals surface area contributed by atoms with Gasteiger partial charge in [0, 0.05) is 19.0 Å². The van der Waals surface area contributed by atoms with E-state index in [0.717, 1.165) is 44.6 Å². The molecule has 4 nitrogen and oxygen atoms in total. The summed E-state index contributed by atoms with van der Waals surface area (Å²) in [6.45, 7) is 5.54. The molecule has 3 rings (SSSR count). The molecule has 2 atom stereocenters. The van der Waals surface area contributed by atoms with Crippen LogP contribution in [0.4, 0.5) is 0 Å². The predicted molar refractivity (Wildman–Crippen MR) is 86.2 cm³/mol. The van der Waals surface area contributed by atoms with Crippen molar-refractivity contribution in [2.75, 3.05) is 26.2 Å². The van der Waals surface area contributed by atoms with Crippen molar-refractivity contribution in [3.63, 3.8) is 0 Å². The van der Waals surface area contributed by atoms with Gasteiger partial charge in [-0.2, -0.15) is 0 Å². The van der Waals surface area contributed by atoms with Crippen LogP contribution < -0.4 is 5.32 Å². The Morgan fingerprint density at radius 2 is 1.82 bits per heavy atom. The maximum absolute atomic E-state index is 12.5. The van der Waals surface area contributed by atoms with E-state index in [1.165, 1.54) is 0 Å². The summed E-state index contributed by atoms with van der Waals surface area (Å²) >= 11 is 0. The van der Waals surface area contributed by atoms with Crippen molar-refractivity contribution >= 4 is 5.91 Å². The number of hydrogen-bond acceptors (Lipinski definition) is 3. The zero-order valence-corrected chi connectivity index (χ0v) is 13.2. The van der Waals surface area contributed by atoms with E-state index in [1.54, 1.807) is 0 Å². The topological polar surface area (TPSA) is 52.6 Å². The molecule has 1 amide bonds. The fourth-order valence-corrected chi connectivity index (χ4v) is 3.51. The van der Waals surface area contributed by atoms with Gasteiger partial charge in [-0.3, -0.25) is 4.79 Å². The highest BCUT2D eigenvalue weighted by molar-refractivity contribution is 5.79. The Balaban J connectivity index is 1.52. The zero-order valence-electron chi connectivity index (χ0n) is 13.2. The summed E-state index contributed by atoms with van der Waals surface area (Å²) in [5.41, 5.74) is 0.987. The number of nitrogens with zero attached hydrogens (tertiary/aromatic N) is 1. The minimum Gasteiger partial charge on any atom is -0.388 e. The molecule has 2 fully saturated rings. The Bertz CT molecular complexity index is 493. The Hall–Kier alpha value is -1.39. The molecule has 2 aliphatic rings. The number of nitrogens with one attached hydrogen (secondary N) is 1. The average molecular weight is 302 g/mol. The van der Waals surface area contributed by atoms with Crippen LogP contribution in [0.2, 0.25) is 0 Å². The van der Waals surface area contributed by atoms with Crippen LogP contribution in [0.25, 0.3) is 0 Å². The van der Waals surface area contributed by atoms with Crippen LogP contribution >= 0.6 is 0 Å². The van der Waals surface area contributed by atoms with Crippen LogP contribution in [-0.2, 0) is 4.79 Å². The molecular formula is C18H26N2O2. The normalized spacial score (nSPS) is 22.9. The Labute approximate surface area is 132 Å². The third kappa shape index (κ3) is 3.18. The summed E-state index contributed by atoms with van der Waals surface area (Å²) in [6.07, 6.45) is 1.36. The highest BCUT2D eigenvalue weighted by Crippen LogP contribution is 2.31. The fraction of sp³-hybridized carbons (Fsp3) is 0.611. The summed E-state index contributed by atoms with van der Waals surface area (Å²) in [7, 11) is 0. The molecule has 0 bridgehead atoms. The number of likely N-dealkylation sites (tertiary alicyclic amines) is 1. The standard InChI is InChI=1S/C18H26N2O2/c1-13(16-11-19-12-16)18(22)20-9-7-15(8-10-20)17(21)14-5-3-2-4-6-14/h2-6,13,15-17,19,21H,7-12H2,1H3. The van der Waals surface area contributed by atoms with Gasteiger partial charge in [0.25, 0.3) is 0 Å². The summed E-state index contributed by atoms with van der Waals surface area (Å²) in [5.74, 6) is 1.17. The molecule has 2 heterocycles. The van der Waals surface area contributed by atoms with Gasteiger partial charge in [0.15, 0.2) is 0 Å². The summed E-state index contributed by atoms with van der Waals surface area (Å²) in [5, 5.41) is 13.7. The van der Waals surface area contributed by atoms with Gasteiger partial charge in [-0.1, -0.05) is 37.3 Å². The van der Waals surface area contributed by atoms with Gasteiger partial charge in [-0.15, -0.1) is 0 Å². The first kappa shape index (κ1) is 15.5. The lowest BCUT2D eigenvalue weighted by atomic mass is 9.85. The fourth-order valence-electron chi connectivity index (χ4n) is 3.51. The zero-order chi connectivity index (χ0) is 15.5. The highest BCUT2D eigenvalue weighted by Gasteiger charge is 2.34. The Kier molecular flexibility index (Phi) is 4.79. The van der Waals surface area contributed by atoms with Gasteiger partial charge < -0.3 is 15.3 Å². The van der Waals surface area contributed by atoms with E-state index >= 15 is 0 Å². The Morgan fingerprint density at radius 3 is 2.36 bits per heavy atom. The first-order chi connectivity index (χ1) is 10.7. The predicted octanol–water partition coefficient (Wildman–Crippen LogP) is 1.81. The number of piperidine rings is 1. The molecule has 4 heteroatoms. The van der Waals surface area contributed by atoms with E-state index in [4.69, 9.17) is 0 Å². The Morgan fingerprint density at radius 1 is 1.18 bits per heavy atom. The molecule has 0 radical (unpaired) electrons. The number of aliphatic hydroxyl groups is 1. The second kappa shape index (κ2) is 6.80. The van der Waals surface area contributed by atoms with Crippen molar-refractivity contribution in [2.24, 2.45) is 17.8 Å². The first-order valence-corrected chi connectivity index (χ1v) is 8.39. The molecule has 2 N–H and O–H groups in total. The molecule has 0 aromatic heterocycles. The van der Waals surface area contributed by atoms with Gasteiger partial charge in [0.2, 0.25) is 5.91 Å². The molecule has 2 unspecified atom stereocenters. The van der Waals surface area contributed by atoms with E-state index in [-0.39, 0.29) is 11.8 Å². The SMILES string of the molecule is CC(C(=O)N1CCC(C(O)c2ccccc2)CC1)C1CNC1. The van der Waals surface area contributed by atoms with Gasteiger partial charge in [-0.05, 0) is 43.3 Å². The van der Waals surface area contributed by atoms with Gasteiger partial charge in [-0.25, -0.2) is 0 Å². The van der Waals surface area contributed by atoms with Crippen LogP contribution in [0.3, 0.4) is 0 Å². The van der Waals surface area contributed by atoms with Gasteiger partial charge in [0.1, 0.15) is 0 Å². The molecule has 2 aliphatic heterocycles. The van der Waals surface area contributed by atoms with Crippen molar-refractivity contribution in [2.45, 2.75) is 25.9 Å². The van der Waals surface area contributed by atoms with E-state index < -0.39 is 6.10 Å². The molecule has 1 aromatic carbocycles. The van der Waals surface area contributed by atoms with Crippen LogP contribution in [-0.4, -0.2) is 42.1 Å². The average Bonchev–Trinajstić information content (AvgIpc) is 2.53. The molecule has 0 aliphatic carbocycles. The third-order valence-electron chi connectivity index (χ3n) is 5.35. The molecule has 2 saturated heterocycles. The maximum atomic E-state index is 12.5. The smallest absolute Gasteiger partial charge is 0.225 e. The van der Waals surface area contributed by atoms with Crippen molar-refractivity contribution in [1.29, 1.82) is 0 Å². The molecule has 0 saturated carbocycles. The van der Waals surface area contributed by atoms with E-state index in [1.807, 2.05) is 35.2 Å². The monoisotopic (exact) mass is 302 g/mol. The lowest BCUT2D eigenvalue weighted by molar-refractivity contribution is -0.139. The van der Waals surface area contributed by atoms with E-state index in [2.05, 4.69) is 12.2 Å². The highest BCUT2D eigenvalue weighted by atomic mass is 16.3. The number of benzene rings is 1.